The molecule has 0 saturated carbocycles. The second-order valence-corrected chi connectivity index (χ2v) is 4.38. The van der Waals surface area contributed by atoms with Crippen molar-refractivity contribution >= 4 is 11.8 Å². The van der Waals surface area contributed by atoms with Gasteiger partial charge in [-0.25, -0.2) is 9.78 Å². The van der Waals surface area contributed by atoms with E-state index < -0.39 is 12.1 Å². The number of carbonyl (C=O) groups is 1. The standard InChI is InChI=1S/C12H18N2O3/c1-7(2)10(15)6-13-11-5-9(12(16)17)4-8(3)14-11/h4-5,7,10,15H,6H2,1-3H3,(H,13,14)(H,16,17). The van der Waals surface area contributed by atoms with E-state index in [1.165, 1.54) is 12.1 Å². The molecule has 1 atom stereocenters. The number of pyridine rings is 1. The highest BCUT2D eigenvalue weighted by molar-refractivity contribution is 5.88. The Morgan fingerprint density at radius 2 is 2.12 bits per heavy atom. The summed E-state index contributed by atoms with van der Waals surface area (Å²) in [6.07, 6.45) is -0.481. The number of hydrogen-bond acceptors (Lipinski definition) is 4. The van der Waals surface area contributed by atoms with E-state index in [9.17, 15) is 9.90 Å². The fourth-order valence-electron chi connectivity index (χ4n) is 1.33. The highest BCUT2D eigenvalue weighted by atomic mass is 16.4. The van der Waals surface area contributed by atoms with E-state index in [-0.39, 0.29) is 11.5 Å². The summed E-state index contributed by atoms with van der Waals surface area (Å²) in [6, 6.07) is 2.97. The maximum atomic E-state index is 10.8. The topological polar surface area (TPSA) is 82.5 Å². The number of anilines is 1. The van der Waals surface area contributed by atoms with Gasteiger partial charge in [-0.15, -0.1) is 0 Å². The zero-order valence-electron chi connectivity index (χ0n) is 10.3. The van der Waals surface area contributed by atoms with E-state index in [1.807, 2.05) is 13.8 Å². The monoisotopic (exact) mass is 238 g/mol. The van der Waals surface area contributed by atoms with Gasteiger partial charge in [-0.2, -0.15) is 0 Å². The number of carboxylic acids is 1. The molecule has 0 aromatic carbocycles. The predicted molar refractivity (Wildman–Crippen MR) is 65.3 cm³/mol. The molecule has 0 radical (unpaired) electrons. The van der Waals surface area contributed by atoms with Gasteiger partial charge < -0.3 is 15.5 Å². The lowest BCUT2D eigenvalue weighted by molar-refractivity contribution is 0.0696. The highest BCUT2D eigenvalue weighted by Crippen LogP contribution is 2.11. The van der Waals surface area contributed by atoms with Crippen molar-refractivity contribution in [2.75, 3.05) is 11.9 Å². The van der Waals surface area contributed by atoms with Crippen molar-refractivity contribution < 1.29 is 15.0 Å². The Balaban J connectivity index is 2.74. The van der Waals surface area contributed by atoms with E-state index in [0.29, 0.717) is 18.1 Å². The molecule has 94 valence electrons. The fourth-order valence-corrected chi connectivity index (χ4v) is 1.33. The van der Waals surface area contributed by atoms with Crippen molar-refractivity contribution in [3.63, 3.8) is 0 Å². The SMILES string of the molecule is Cc1cc(C(=O)O)cc(NCC(O)C(C)C)n1. The largest absolute Gasteiger partial charge is 0.478 e. The summed E-state index contributed by atoms with van der Waals surface area (Å²) in [7, 11) is 0. The van der Waals surface area contributed by atoms with Crippen molar-refractivity contribution in [2.45, 2.75) is 26.9 Å². The third kappa shape index (κ3) is 4.03. The molecule has 1 unspecified atom stereocenters. The molecule has 5 nitrogen and oxygen atoms in total. The van der Waals surface area contributed by atoms with Crippen molar-refractivity contribution in [3.05, 3.63) is 23.4 Å². The molecule has 0 saturated heterocycles. The number of aryl methyl sites for hydroxylation is 1. The Labute approximate surface area is 101 Å². The van der Waals surface area contributed by atoms with Crippen molar-refractivity contribution in [3.8, 4) is 0 Å². The van der Waals surface area contributed by atoms with E-state index in [1.54, 1.807) is 6.92 Å². The van der Waals surface area contributed by atoms with Gasteiger partial charge in [0, 0.05) is 12.2 Å². The molecular weight excluding hydrogens is 220 g/mol. The molecule has 0 aliphatic heterocycles. The lowest BCUT2D eigenvalue weighted by atomic mass is 10.1. The maximum absolute atomic E-state index is 10.8. The molecule has 1 aromatic heterocycles. The molecule has 0 amide bonds. The molecule has 5 heteroatoms. The quantitative estimate of drug-likeness (QED) is 0.724. The number of aliphatic hydroxyl groups is 1. The first kappa shape index (κ1) is 13.4. The van der Waals surface area contributed by atoms with Crippen LogP contribution in [0.3, 0.4) is 0 Å². The zero-order chi connectivity index (χ0) is 13.0. The van der Waals surface area contributed by atoms with Crippen molar-refractivity contribution in [2.24, 2.45) is 5.92 Å². The first-order valence-electron chi connectivity index (χ1n) is 5.54. The number of aromatic nitrogens is 1. The lowest BCUT2D eigenvalue weighted by Crippen LogP contribution is -2.25. The van der Waals surface area contributed by atoms with Gasteiger partial charge in [-0.05, 0) is 25.0 Å². The minimum atomic E-state index is -0.983. The summed E-state index contributed by atoms with van der Waals surface area (Å²) >= 11 is 0. The van der Waals surface area contributed by atoms with Crippen LogP contribution in [0.5, 0.6) is 0 Å². The molecule has 1 rings (SSSR count). The first-order valence-corrected chi connectivity index (χ1v) is 5.54. The highest BCUT2D eigenvalue weighted by Gasteiger charge is 2.10. The van der Waals surface area contributed by atoms with Crippen molar-refractivity contribution in [1.82, 2.24) is 4.98 Å². The van der Waals surface area contributed by atoms with Gasteiger partial charge in [0.2, 0.25) is 0 Å². The lowest BCUT2D eigenvalue weighted by Gasteiger charge is -2.15. The van der Waals surface area contributed by atoms with Crippen LogP contribution in [-0.2, 0) is 0 Å². The number of rotatable bonds is 5. The minimum Gasteiger partial charge on any atom is -0.478 e. The second kappa shape index (κ2) is 5.63. The van der Waals surface area contributed by atoms with Gasteiger partial charge in [0.05, 0.1) is 11.7 Å². The fraction of sp³-hybridized carbons (Fsp3) is 0.500. The van der Waals surface area contributed by atoms with Gasteiger partial charge in [0.1, 0.15) is 5.82 Å². The van der Waals surface area contributed by atoms with E-state index in [2.05, 4.69) is 10.3 Å². The second-order valence-electron chi connectivity index (χ2n) is 4.38. The van der Waals surface area contributed by atoms with Crippen molar-refractivity contribution in [1.29, 1.82) is 0 Å². The smallest absolute Gasteiger partial charge is 0.335 e. The van der Waals surface area contributed by atoms with Gasteiger partial charge in [-0.3, -0.25) is 0 Å². The summed E-state index contributed by atoms with van der Waals surface area (Å²) in [6.45, 7) is 5.92. The van der Waals surface area contributed by atoms with Gasteiger partial charge in [0.25, 0.3) is 0 Å². The molecule has 0 aliphatic carbocycles. The van der Waals surface area contributed by atoms with Crippen LogP contribution >= 0.6 is 0 Å². The number of aromatic carboxylic acids is 1. The third-order valence-corrected chi connectivity index (χ3v) is 2.46. The normalized spacial score (nSPS) is 12.5. The maximum Gasteiger partial charge on any atom is 0.335 e. The van der Waals surface area contributed by atoms with Crippen LogP contribution in [0.2, 0.25) is 0 Å². The Kier molecular flexibility index (Phi) is 4.45. The molecular formula is C12H18N2O3. The number of aliphatic hydroxyl groups excluding tert-OH is 1. The van der Waals surface area contributed by atoms with Gasteiger partial charge in [0.15, 0.2) is 0 Å². The summed E-state index contributed by atoms with van der Waals surface area (Å²) in [5, 5.41) is 21.5. The van der Waals surface area contributed by atoms with Crippen LogP contribution in [0, 0.1) is 12.8 Å². The Hall–Kier alpha value is -1.62. The number of nitrogens with one attached hydrogen (secondary N) is 1. The Bertz CT molecular complexity index is 405. The molecule has 0 fully saturated rings. The van der Waals surface area contributed by atoms with Crippen LogP contribution in [0.15, 0.2) is 12.1 Å². The Morgan fingerprint density at radius 1 is 1.47 bits per heavy atom. The van der Waals surface area contributed by atoms with Crippen LogP contribution in [-0.4, -0.2) is 33.8 Å². The van der Waals surface area contributed by atoms with Gasteiger partial charge in [-0.1, -0.05) is 13.8 Å². The van der Waals surface area contributed by atoms with E-state index in [4.69, 9.17) is 5.11 Å². The third-order valence-electron chi connectivity index (χ3n) is 2.46. The molecule has 0 spiro atoms. The summed E-state index contributed by atoms with van der Waals surface area (Å²) < 4.78 is 0. The van der Waals surface area contributed by atoms with Crippen LogP contribution < -0.4 is 5.32 Å². The van der Waals surface area contributed by atoms with Crippen LogP contribution in [0.4, 0.5) is 5.82 Å². The first-order chi connectivity index (χ1) is 7.90. The number of nitrogens with zero attached hydrogens (tertiary/aromatic N) is 1. The molecule has 3 N–H and O–H groups in total. The van der Waals surface area contributed by atoms with E-state index in [0.717, 1.165) is 0 Å². The van der Waals surface area contributed by atoms with Crippen LogP contribution in [0.1, 0.15) is 29.9 Å². The minimum absolute atomic E-state index is 0.145. The molecule has 1 heterocycles. The number of hydrogen-bond donors (Lipinski definition) is 3. The van der Waals surface area contributed by atoms with Gasteiger partial charge >= 0.3 is 5.97 Å². The van der Waals surface area contributed by atoms with E-state index >= 15 is 0 Å². The Morgan fingerprint density at radius 3 is 2.65 bits per heavy atom. The molecule has 17 heavy (non-hydrogen) atoms. The predicted octanol–water partition coefficient (Wildman–Crippen LogP) is 1.52. The summed E-state index contributed by atoms with van der Waals surface area (Å²) in [4.78, 5) is 15.0. The summed E-state index contributed by atoms with van der Waals surface area (Å²) in [5.41, 5.74) is 0.825. The molecule has 0 bridgehead atoms. The molecule has 0 aliphatic rings. The van der Waals surface area contributed by atoms with Crippen LogP contribution in [0.25, 0.3) is 0 Å². The molecule has 1 aromatic rings. The number of carboxylic acid groups (broad SMARTS) is 1. The average molecular weight is 238 g/mol. The summed E-state index contributed by atoms with van der Waals surface area (Å²) in [5.74, 6) is -0.365. The average Bonchev–Trinajstić information content (AvgIpc) is 2.24. The zero-order valence-corrected chi connectivity index (χ0v) is 10.3.